The lowest BCUT2D eigenvalue weighted by atomic mass is 10.2. The van der Waals surface area contributed by atoms with E-state index in [0.717, 1.165) is 0 Å². The molecule has 5 nitrogen and oxygen atoms in total. The molecule has 0 bridgehead atoms. The van der Waals surface area contributed by atoms with Crippen molar-refractivity contribution in [2.24, 2.45) is 0 Å². The van der Waals surface area contributed by atoms with Gasteiger partial charge in [-0.2, -0.15) is 0 Å². The van der Waals surface area contributed by atoms with E-state index in [1.807, 2.05) is 0 Å². The molecule has 1 heterocycles. The molecule has 6 heteroatoms. The molecule has 72 valence electrons. The Morgan fingerprint density at radius 3 is 2.85 bits per heavy atom. The van der Waals surface area contributed by atoms with Gasteiger partial charge in [0.05, 0.1) is 6.61 Å². The maximum atomic E-state index is 11.2. The Labute approximate surface area is 79.9 Å². The smallest absolute Gasteiger partial charge is 0.315 e. The number of hydrogen-bond acceptors (Lipinski definition) is 6. The van der Waals surface area contributed by atoms with Crippen molar-refractivity contribution < 1.29 is 9.53 Å². The Hall–Kier alpha value is -1.17. The summed E-state index contributed by atoms with van der Waals surface area (Å²) in [6.07, 6.45) is 0. The predicted octanol–water partition coefficient (Wildman–Crippen LogP) is 0.787. The number of nitrogens with two attached hydrogens (primary N) is 1. The molecule has 0 spiro atoms. The van der Waals surface area contributed by atoms with Gasteiger partial charge in [-0.1, -0.05) is 11.3 Å². The number of nitrogens with zero attached hydrogens (tertiary/aromatic N) is 2. The number of esters is 1. The summed E-state index contributed by atoms with van der Waals surface area (Å²) in [4.78, 5) is 11.2. The van der Waals surface area contributed by atoms with E-state index in [1.54, 1.807) is 13.8 Å². The third-order valence-corrected chi connectivity index (χ3v) is 2.40. The normalized spacial score (nSPS) is 12.5. The van der Waals surface area contributed by atoms with Crippen LogP contribution in [0.4, 0.5) is 5.13 Å². The summed E-state index contributed by atoms with van der Waals surface area (Å²) in [5, 5.41) is 8.34. The van der Waals surface area contributed by atoms with Gasteiger partial charge >= 0.3 is 5.97 Å². The minimum absolute atomic E-state index is 0.293. The zero-order chi connectivity index (χ0) is 9.84. The molecule has 13 heavy (non-hydrogen) atoms. The fraction of sp³-hybridized carbons (Fsp3) is 0.571. The highest BCUT2D eigenvalue weighted by Crippen LogP contribution is 2.21. The summed E-state index contributed by atoms with van der Waals surface area (Å²) in [5.41, 5.74) is 5.38. The first kappa shape index (κ1) is 9.91. The molecule has 1 rings (SSSR count). The molecular weight excluding hydrogens is 190 g/mol. The number of hydrogen-bond donors (Lipinski definition) is 1. The lowest BCUT2D eigenvalue weighted by Crippen LogP contribution is -2.12. The summed E-state index contributed by atoms with van der Waals surface area (Å²) in [5.74, 6) is -0.673. The van der Waals surface area contributed by atoms with Crippen LogP contribution in [0.3, 0.4) is 0 Å². The van der Waals surface area contributed by atoms with Gasteiger partial charge in [0.2, 0.25) is 5.13 Å². The first-order valence-electron chi connectivity index (χ1n) is 3.90. The molecule has 2 N–H and O–H groups in total. The summed E-state index contributed by atoms with van der Waals surface area (Å²) in [7, 11) is 0. The molecule has 0 amide bonds. The largest absolute Gasteiger partial charge is 0.465 e. The van der Waals surface area contributed by atoms with Crippen LogP contribution in [0.1, 0.15) is 24.8 Å². The molecule has 1 unspecified atom stereocenters. The van der Waals surface area contributed by atoms with Crippen molar-refractivity contribution in [2.45, 2.75) is 19.8 Å². The molecule has 1 atom stereocenters. The Morgan fingerprint density at radius 2 is 2.38 bits per heavy atom. The third kappa shape index (κ3) is 2.38. The SMILES string of the molecule is CCOC(=O)C(C)c1nnc(N)s1. The van der Waals surface area contributed by atoms with E-state index in [2.05, 4.69) is 10.2 Å². The first-order chi connectivity index (χ1) is 6.15. The van der Waals surface area contributed by atoms with Gasteiger partial charge in [-0.15, -0.1) is 10.2 Å². The number of carbonyl (C=O) groups excluding carboxylic acids is 1. The second-order valence-corrected chi connectivity index (χ2v) is 3.49. The Balaban J connectivity index is 2.67. The number of carbonyl (C=O) groups is 1. The van der Waals surface area contributed by atoms with Crippen molar-refractivity contribution in [1.82, 2.24) is 10.2 Å². The van der Waals surface area contributed by atoms with Crippen LogP contribution in [-0.4, -0.2) is 22.8 Å². The van der Waals surface area contributed by atoms with Gasteiger partial charge in [0.15, 0.2) is 0 Å². The standard InChI is InChI=1S/C7H11N3O2S/c1-3-12-6(11)4(2)5-9-10-7(8)13-5/h4H,3H2,1-2H3,(H2,8,10). The van der Waals surface area contributed by atoms with Gasteiger partial charge < -0.3 is 10.5 Å². The summed E-state index contributed by atoms with van der Waals surface area (Å²) < 4.78 is 4.83. The molecule has 1 aromatic heterocycles. The fourth-order valence-corrected chi connectivity index (χ4v) is 1.44. The number of aromatic nitrogens is 2. The van der Waals surface area contributed by atoms with Gasteiger partial charge in [-0.25, -0.2) is 0 Å². The molecule has 0 radical (unpaired) electrons. The minimum Gasteiger partial charge on any atom is -0.465 e. The van der Waals surface area contributed by atoms with Crippen LogP contribution in [0.5, 0.6) is 0 Å². The van der Waals surface area contributed by atoms with Gasteiger partial charge in [0.25, 0.3) is 0 Å². The highest BCUT2D eigenvalue weighted by Gasteiger charge is 2.20. The first-order valence-corrected chi connectivity index (χ1v) is 4.72. The van der Waals surface area contributed by atoms with E-state index < -0.39 is 0 Å². The Kier molecular flexibility index (Phi) is 3.18. The fourth-order valence-electron chi connectivity index (χ4n) is 0.790. The van der Waals surface area contributed by atoms with E-state index >= 15 is 0 Å². The molecule has 0 aromatic carbocycles. The molecule has 1 aromatic rings. The highest BCUT2D eigenvalue weighted by molar-refractivity contribution is 7.15. The molecule has 0 saturated heterocycles. The van der Waals surface area contributed by atoms with E-state index in [4.69, 9.17) is 10.5 Å². The molecule has 0 aliphatic carbocycles. The third-order valence-electron chi connectivity index (χ3n) is 1.47. The Morgan fingerprint density at radius 1 is 1.69 bits per heavy atom. The van der Waals surface area contributed by atoms with Crippen molar-refractivity contribution in [3.63, 3.8) is 0 Å². The topological polar surface area (TPSA) is 78.1 Å². The van der Waals surface area contributed by atoms with Crippen molar-refractivity contribution in [3.05, 3.63) is 5.01 Å². The van der Waals surface area contributed by atoms with Crippen LogP contribution in [0, 0.1) is 0 Å². The monoisotopic (exact) mass is 201 g/mol. The van der Waals surface area contributed by atoms with Crippen LogP contribution in [0.15, 0.2) is 0 Å². The van der Waals surface area contributed by atoms with E-state index in [9.17, 15) is 4.79 Å². The second kappa shape index (κ2) is 4.18. The number of rotatable bonds is 3. The lowest BCUT2D eigenvalue weighted by molar-refractivity contribution is -0.144. The molecule has 0 aliphatic rings. The number of anilines is 1. The zero-order valence-corrected chi connectivity index (χ0v) is 8.30. The molecule has 0 saturated carbocycles. The maximum Gasteiger partial charge on any atom is 0.315 e. The Bertz CT molecular complexity index is 300. The van der Waals surface area contributed by atoms with E-state index in [0.29, 0.717) is 16.7 Å². The number of nitrogen functional groups attached to an aromatic ring is 1. The van der Waals surface area contributed by atoms with Crippen molar-refractivity contribution in [1.29, 1.82) is 0 Å². The average molecular weight is 201 g/mol. The van der Waals surface area contributed by atoms with Gasteiger partial charge in [0.1, 0.15) is 10.9 Å². The van der Waals surface area contributed by atoms with Crippen LogP contribution in [-0.2, 0) is 9.53 Å². The number of ether oxygens (including phenoxy) is 1. The minimum atomic E-state index is -0.380. The van der Waals surface area contributed by atoms with Crippen LogP contribution in [0.25, 0.3) is 0 Å². The van der Waals surface area contributed by atoms with Gasteiger partial charge in [-0.05, 0) is 13.8 Å². The second-order valence-electron chi connectivity index (χ2n) is 2.45. The average Bonchev–Trinajstić information content (AvgIpc) is 2.51. The van der Waals surface area contributed by atoms with Crippen molar-refractivity contribution in [3.8, 4) is 0 Å². The van der Waals surface area contributed by atoms with Crippen LogP contribution in [0.2, 0.25) is 0 Å². The quantitative estimate of drug-likeness (QED) is 0.731. The zero-order valence-electron chi connectivity index (χ0n) is 7.48. The summed E-state index contributed by atoms with van der Waals surface area (Å²) >= 11 is 1.20. The van der Waals surface area contributed by atoms with Crippen LogP contribution < -0.4 is 5.73 Å². The lowest BCUT2D eigenvalue weighted by Gasteiger charge is -2.05. The van der Waals surface area contributed by atoms with E-state index in [-0.39, 0.29) is 11.9 Å². The summed E-state index contributed by atoms with van der Waals surface area (Å²) in [6, 6.07) is 0. The van der Waals surface area contributed by atoms with Gasteiger partial charge in [0, 0.05) is 0 Å². The van der Waals surface area contributed by atoms with Gasteiger partial charge in [-0.3, -0.25) is 4.79 Å². The van der Waals surface area contributed by atoms with Crippen LogP contribution >= 0.6 is 11.3 Å². The highest BCUT2D eigenvalue weighted by atomic mass is 32.1. The summed E-state index contributed by atoms with van der Waals surface area (Å²) in [6.45, 7) is 3.86. The molecule has 0 fully saturated rings. The van der Waals surface area contributed by atoms with Crippen molar-refractivity contribution in [2.75, 3.05) is 12.3 Å². The molecule has 0 aliphatic heterocycles. The van der Waals surface area contributed by atoms with E-state index in [1.165, 1.54) is 11.3 Å². The maximum absolute atomic E-state index is 11.2. The van der Waals surface area contributed by atoms with Crippen molar-refractivity contribution >= 4 is 22.4 Å². The predicted molar refractivity (Wildman–Crippen MR) is 49.4 cm³/mol. The molecular formula is C7H11N3O2S.